The minimum Gasteiger partial charge on any atom is -1.00 e. The molecule has 0 aromatic carbocycles. The van der Waals surface area contributed by atoms with E-state index in [1.165, 1.54) is 6.82 Å². The Morgan fingerprint density at radius 1 is 1.50 bits per heavy atom. The van der Waals surface area contributed by atoms with Gasteiger partial charge < -0.3 is 4.28 Å². The Hall–Kier alpha value is 1.43. The van der Waals surface area contributed by atoms with Gasteiger partial charge in [-0.1, -0.05) is 6.82 Å². The molecule has 0 aromatic heterocycles. The van der Waals surface area contributed by atoms with Crippen LogP contribution in [0.1, 0.15) is 4.28 Å². The van der Waals surface area contributed by atoms with Crippen molar-refractivity contribution in [3.8, 4) is 0 Å². The third-order valence-electron chi connectivity index (χ3n) is 0. The third-order valence-corrected chi connectivity index (χ3v) is 0. The summed E-state index contributed by atoms with van der Waals surface area (Å²) in [6.45, 7) is 1.50. The monoisotopic (exact) mass is 60.1 g/mol. The molecule has 3 heteroatoms. The van der Waals surface area contributed by atoms with E-state index in [0.717, 1.165) is 0 Å². The molecule has 0 nitrogen and oxygen atoms in total. The third kappa shape index (κ3) is 9.91. The average molecular weight is 60.1 g/mol. The predicted molar refractivity (Wildman–Crippen MR) is 20.7 cm³/mol. The molecule has 0 bridgehead atoms. The van der Waals surface area contributed by atoms with Gasteiger partial charge >= 0.3 is 41.9 Å². The molecule has 0 unspecified atom stereocenters. The molecular formula is CH6BLiMg. The molecule has 0 aliphatic carbocycles. The molecule has 0 aliphatic rings. The van der Waals surface area contributed by atoms with E-state index >= 15 is 0 Å². The van der Waals surface area contributed by atoms with E-state index in [4.69, 9.17) is 0 Å². The fourth-order valence-corrected chi connectivity index (χ4v) is 0. The van der Waals surface area contributed by atoms with Crippen molar-refractivity contribution in [2.24, 2.45) is 0 Å². The summed E-state index contributed by atoms with van der Waals surface area (Å²) >= 11 is 0. The van der Waals surface area contributed by atoms with Gasteiger partial charge in [0.1, 0.15) is 0 Å². The van der Waals surface area contributed by atoms with Crippen molar-refractivity contribution in [2.45, 2.75) is 6.82 Å². The first kappa shape index (κ1) is 18.1. The largest absolute Gasteiger partial charge is 2.00 e. The second-order valence-corrected chi connectivity index (χ2v) is 0. The van der Waals surface area contributed by atoms with E-state index in [2.05, 4.69) is 7.85 Å². The molecule has 0 rings (SSSR count). The van der Waals surface area contributed by atoms with Gasteiger partial charge in [0.05, 0.1) is 7.85 Å². The summed E-state index contributed by atoms with van der Waals surface area (Å²) < 4.78 is 0. The standard InChI is InChI=1S/CH3B.Li.Mg.3H/c1-2;;;;;/h1H3;;;;;/q;+1;+2;3*-1. The van der Waals surface area contributed by atoms with Crippen LogP contribution in [0.15, 0.2) is 0 Å². The molecule has 4 heavy (non-hydrogen) atoms. The van der Waals surface area contributed by atoms with Crippen LogP contribution in [0.2, 0.25) is 6.82 Å². The van der Waals surface area contributed by atoms with Gasteiger partial charge in [-0.25, -0.2) is 0 Å². The normalized spacial score (nSPS) is 1.25. The van der Waals surface area contributed by atoms with Gasteiger partial charge in [-0.3, -0.25) is 0 Å². The molecular weight excluding hydrogens is 54.1 g/mol. The molecule has 0 aliphatic heterocycles. The smallest absolute Gasteiger partial charge is 1.00 e. The maximum atomic E-state index is 4.50. The van der Waals surface area contributed by atoms with Crippen LogP contribution in [0.5, 0.6) is 0 Å². The SMILES string of the molecule is [B]C.[H-].[H-].[H-].[Li+].[Mg+2]. The van der Waals surface area contributed by atoms with Crippen LogP contribution in [0, 0.1) is 0 Å². The van der Waals surface area contributed by atoms with Crippen molar-refractivity contribution in [1.29, 1.82) is 0 Å². The Kier molecular flexibility index (Phi) is 115. The van der Waals surface area contributed by atoms with Crippen LogP contribution >= 0.6 is 0 Å². The van der Waals surface area contributed by atoms with Crippen LogP contribution in [-0.2, 0) is 0 Å². The van der Waals surface area contributed by atoms with Crippen LogP contribution in [0.4, 0.5) is 0 Å². The molecule has 16 valence electrons. The van der Waals surface area contributed by atoms with Gasteiger partial charge in [-0.05, 0) is 0 Å². The van der Waals surface area contributed by atoms with Gasteiger partial charge in [0.2, 0.25) is 0 Å². The first-order valence-corrected chi connectivity index (χ1v) is 0.577. The Labute approximate surface area is 60.9 Å². The zero-order valence-electron chi connectivity index (χ0n) is 6.28. The minimum atomic E-state index is 0. The Morgan fingerprint density at radius 3 is 1.50 bits per heavy atom. The molecule has 0 spiro atoms. The maximum Gasteiger partial charge on any atom is 2.00 e. The summed E-state index contributed by atoms with van der Waals surface area (Å²) in [6, 6.07) is 0. The Morgan fingerprint density at radius 2 is 1.50 bits per heavy atom. The van der Waals surface area contributed by atoms with Crippen molar-refractivity contribution in [3.63, 3.8) is 0 Å². The van der Waals surface area contributed by atoms with Gasteiger partial charge in [0.25, 0.3) is 0 Å². The number of rotatable bonds is 0. The molecule has 0 saturated carbocycles. The fraction of sp³-hybridized carbons (Fsp3) is 1.00. The quantitative estimate of drug-likeness (QED) is 0.264. The summed E-state index contributed by atoms with van der Waals surface area (Å²) in [5.41, 5.74) is 0. The van der Waals surface area contributed by atoms with E-state index in [1.807, 2.05) is 0 Å². The Balaban J connectivity index is -0.000000000500. The maximum absolute atomic E-state index is 4.50. The molecule has 0 aromatic rings. The average Bonchev–Trinajstić information content (AvgIpc) is 1.00. The second kappa shape index (κ2) is 25.5. The zero-order valence-corrected chi connectivity index (χ0v) is 4.70. The summed E-state index contributed by atoms with van der Waals surface area (Å²) in [6.07, 6.45) is 0. The van der Waals surface area contributed by atoms with E-state index in [0.29, 0.717) is 0 Å². The topological polar surface area (TPSA) is 0 Å². The number of hydrogen-bond acceptors (Lipinski definition) is 0. The van der Waals surface area contributed by atoms with Crippen molar-refractivity contribution < 1.29 is 23.1 Å². The first-order chi connectivity index (χ1) is 1.00. The van der Waals surface area contributed by atoms with Gasteiger partial charge in [0.15, 0.2) is 0 Å². The summed E-state index contributed by atoms with van der Waals surface area (Å²) in [4.78, 5) is 0. The van der Waals surface area contributed by atoms with Crippen LogP contribution in [0.3, 0.4) is 0 Å². The van der Waals surface area contributed by atoms with Crippen molar-refractivity contribution >= 4 is 30.9 Å². The molecule has 0 fully saturated rings. The van der Waals surface area contributed by atoms with Gasteiger partial charge in [-0.15, -0.1) is 0 Å². The number of hydrogen-bond donors (Lipinski definition) is 0. The van der Waals surface area contributed by atoms with Crippen molar-refractivity contribution in [3.05, 3.63) is 0 Å². The summed E-state index contributed by atoms with van der Waals surface area (Å²) in [5.74, 6) is 0. The van der Waals surface area contributed by atoms with E-state index in [1.54, 1.807) is 0 Å². The van der Waals surface area contributed by atoms with Crippen LogP contribution in [0.25, 0.3) is 0 Å². The fourth-order valence-electron chi connectivity index (χ4n) is 0. The molecule has 0 N–H and O–H groups in total. The van der Waals surface area contributed by atoms with E-state index in [9.17, 15) is 0 Å². The van der Waals surface area contributed by atoms with Gasteiger partial charge in [0, 0.05) is 0 Å². The van der Waals surface area contributed by atoms with E-state index < -0.39 is 0 Å². The summed E-state index contributed by atoms with van der Waals surface area (Å²) in [7, 11) is 4.50. The predicted octanol–water partition coefficient (Wildman–Crippen LogP) is -2.84. The Bertz CT molecular complexity index is 14.9. The summed E-state index contributed by atoms with van der Waals surface area (Å²) in [5, 5.41) is 0. The first-order valence-electron chi connectivity index (χ1n) is 0.577. The van der Waals surface area contributed by atoms with Crippen LogP contribution < -0.4 is 18.9 Å². The van der Waals surface area contributed by atoms with Crippen LogP contribution in [-0.4, -0.2) is 30.9 Å². The van der Waals surface area contributed by atoms with Gasteiger partial charge in [-0.2, -0.15) is 0 Å². The molecule has 0 saturated heterocycles. The van der Waals surface area contributed by atoms with Crippen molar-refractivity contribution in [1.82, 2.24) is 0 Å². The molecule has 0 atom stereocenters. The molecule has 0 heterocycles. The van der Waals surface area contributed by atoms with Crippen molar-refractivity contribution in [2.75, 3.05) is 0 Å². The zero-order chi connectivity index (χ0) is 2.00. The minimum absolute atomic E-state index is 0. The molecule has 0 amide bonds. The van der Waals surface area contributed by atoms with E-state index in [-0.39, 0.29) is 46.2 Å². The second-order valence-electron chi connectivity index (χ2n) is 0. The molecule has 2 radical (unpaired) electrons.